The van der Waals surface area contributed by atoms with Gasteiger partial charge in [-0.15, -0.1) is 0 Å². The van der Waals surface area contributed by atoms with Gasteiger partial charge in [0.25, 0.3) is 0 Å². The number of ether oxygens (including phenoxy) is 1. The molecule has 1 aromatic carbocycles. The zero-order valence-electron chi connectivity index (χ0n) is 16.1. The van der Waals surface area contributed by atoms with Crippen LogP contribution in [0.15, 0.2) is 18.2 Å². The lowest BCUT2D eigenvalue weighted by molar-refractivity contribution is -0.132. The number of hydrogen-bond donors (Lipinski definition) is 0. The topological polar surface area (TPSA) is 32.8 Å². The molecule has 0 spiro atoms. The Kier molecular flexibility index (Phi) is 5.60. The summed E-state index contributed by atoms with van der Waals surface area (Å²) in [5.74, 6) is 0.301. The van der Waals surface area contributed by atoms with Gasteiger partial charge in [0, 0.05) is 32.2 Å². The molecular weight excluding hydrogens is 324 g/mol. The maximum absolute atomic E-state index is 12.8. The molecule has 142 valence electrons. The fourth-order valence-corrected chi connectivity index (χ4v) is 4.84. The van der Waals surface area contributed by atoms with E-state index < -0.39 is 0 Å². The quantitative estimate of drug-likeness (QED) is 0.835. The van der Waals surface area contributed by atoms with Gasteiger partial charge in [-0.2, -0.15) is 0 Å². The van der Waals surface area contributed by atoms with Gasteiger partial charge in [-0.05, 0) is 62.1 Å². The van der Waals surface area contributed by atoms with Crippen molar-refractivity contribution in [1.82, 2.24) is 9.80 Å². The molecule has 1 aliphatic carbocycles. The summed E-state index contributed by atoms with van der Waals surface area (Å²) < 4.78 is 5.66. The summed E-state index contributed by atoms with van der Waals surface area (Å²) in [6.45, 7) is 6.88. The normalized spacial score (nSPS) is 25.1. The monoisotopic (exact) mass is 356 g/mol. The first kappa shape index (κ1) is 18.0. The Labute approximate surface area is 157 Å². The summed E-state index contributed by atoms with van der Waals surface area (Å²) in [7, 11) is 0. The Bertz CT molecular complexity index is 637. The molecule has 2 aliphatic heterocycles. The average molecular weight is 357 g/mol. The van der Waals surface area contributed by atoms with E-state index in [-0.39, 0.29) is 0 Å². The van der Waals surface area contributed by atoms with Crippen molar-refractivity contribution in [2.75, 3.05) is 32.8 Å². The molecule has 2 heterocycles. The lowest BCUT2D eigenvalue weighted by Gasteiger charge is -2.41. The molecule has 26 heavy (non-hydrogen) atoms. The highest BCUT2D eigenvalue weighted by Crippen LogP contribution is 2.24. The van der Waals surface area contributed by atoms with Crippen LogP contribution in [0.25, 0.3) is 0 Å². The fraction of sp³-hybridized carbons (Fsp3) is 0.682. The molecule has 1 atom stereocenters. The van der Waals surface area contributed by atoms with Crippen molar-refractivity contribution in [1.29, 1.82) is 0 Å². The third kappa shape index (κ3) is 4.12. The minimum Gasteiger partial charge on any atom is -0.376 e. The Hall–Kier alpha value is -1.39. The van der Waals surface area contributed by atoms with Crippen LogP contribution in [-0.2, 0) is 28.8 Å². The third-order valence-electron chi connectivity index (χ3n) is 6.37. The maximum atomic E-state index is 12.8. The molecule has 0 saturated carbocycles. The standard InChI is InChI=1S/C22H32N2O2/c1-17-16-24(12-13-26-17)21-8-10-23(11-9-21)22(25)15-18-6-7-19-4-2-3-5-20(19)14-18/h6-7,14,17,21H,2-5,8-13,15-16H2,1H3. The molecule has 3 aliphatic rings. The van der Waals surface area contributed by atoms with Gasteiger partial charge in [0.05, 0.1) is 19.1 Å². The van der Waals surface area contributed by atoms with Crippen LogP contribution in [0, 0.1) is 0 Å². The van der Waals surface area contributed by atoms with Crippen LogP contribution in [0.2, 0.25) is 0 Å². The largest absolute Gasteiger partial charge is 0.376 e. The molecule has 4 nitrogen and oxygen atoms in total. The van der Waals surface area contributed by atoms with Crippen molar-refractivity contribution in [3.8, 4) is 0 Å². The molecule has 0 bridgehead atoms. The van der Waals surface area contributed by atoms with E-state index in [1.165, 1.54) is 42.4 Å². The predicted molar refractivity (Wildman–Crippen MR) is 103 cm³/mol. The highest BCUT2D eigenvalue weighted by atomic mass is 16.5. The Morgan fingerprint density at radius 3 is 2.65 bits per heavy atom. The molecule has 4 rings (SSSR count). The minimum absolute atomic E-state index is 0.301. The second-order valence-electron chi connectivity index (χ2n) is 8.28. The van der Waals surface area contributed by atoms with E-state index in [0.717, 1.165) is 45.6 Å². The number of hydrogen-bond acceptors (Lipinski definition) is 3. The maximum Gasteiger partial charge on any atom is 0.226 e. The number of amides is 1. The van der Waals surface area contributed by atoms with E-state index in [4.69, 9.17) is 4.74 Å². The van der Waals surface area contributed by atoms with Crippen molar-refractivity contribution in [2.45, 2.75) is 64.0 Å². The molecular formula is C22H32N2O2. The molecule has 0 radical (unpaired) electrons. The van der Waals surface area contributed by atoms with Crippen molar-refractivity contribution in [2.24, 2.45) is 0 Å². The first-order chi connectivity index (χ1) is 12.7. The van der Waals surface area contributed by atoms with Crippen LogP contribution >= 0.6 is 0 Å². The van der Waals surface area contributed by atoms with Gasteiger partial charge in [-0.25, -0.2) is 0 Å². The van der Waals surface area contributed by atoms with E-state index >= 15 is 0 Å². The van der Waals surface area contributed by atoms with E-state index in [1.807, 2.05) is 0 Å². The summed E-state index contributed by atoms with van der Waals surface area (Å²) in [5, 5.41) is 0. The number of rotatable bonds is 3. The van der Waals surface area contributed by atoms with E-state index in [9.17, 15) is 4.79 Å². The van der Waals surface area contributed by atoms with Crippen LogP contribution in [0.1, 0.15) is 49.3 Å². The third-order valence-corrected chi connectivity index (χ3v) is 6.37. The van der Waals surface area contributed by atoms with Crippen LogP contribution in [0.3, 0.4) is 0 Å². The number of benzene rings is 1. The summed E-state index contributed by atoms with van der Waals surface area (Å²) in [6.07, 6.45) is 8.09. The Morgan fingerprint density at radius 1 is 1.12 bits per heavy atom. The number of carbonyl (C=O) groups is 1. The molecule has 2 saturated heterocycles. The van der Waals surface area contributed by atoms with Crippen molar-refractivity contribution < 1.29 is 9.53 Å². The Balaban J connectivity index is 1.29. The average Bonchev–Trinajstić information content (AvgIpc) is 2.68. The molecule has 4 heteroatoms. The van der Waals surface area contributed by atoms with Crippen molar-refractivity contribution >= 4 is 5.91 Å². The molecule has 2 fully saturated rings. The summed E-state index contributed by atoms with van der Waals surface area (Å²) in [6, 6.07) is 7.33. The zero-order chi connectivity index (χ0) is 17.9. The van der Waals surface area contributed by atoms with Gasteiger partial charge in [-0.1, -0.05) is 18.2 Å². The summed E-state index contributed by atoms with van der Waals surface area (Å²) in [5.41, 5.74) is 4.16. The van der Waals surface area contributed by atoms with Crippen LogP contribution in [0.4, 0.5) is 0 Å². The molecule has 1 amide bonds. The van der Waals surface area contributed by atoms with Gasteiger partial charge in [-0.3, -0.25) is 9.69 Å². The number of piperidine rings is 1. The number of likely N-dealkylation sites (tertiary alicyclic amines) is 1. The highest BCUT2D eigenvalue weighted by molar-refractivity contribution is 5.79. The first-order valence-corrected chi connectivity index (χ1v) is 10.4. The predicted octanol–water partition coefficient (Wildman–Crippen LogP) is 2.82. The molecule has 1 aromatic rings. The van der Waals surface area contributed by atoms with E-state index in [2.05, 4.69) is 34.9 Å². The summed E-state index contributed by atoms with van der Waals surface area (Å²) >= 11 is 0. The number of aryl methyl sites for hydroxylation is 2. The molecule has 0 N–H and O–H groups in total. The van der Waals surface area contributed by atoms with Gasteiger partial charge in [0.1, 0.15) is 0 Å². The number of morpholine rings is 1. The Morgan fingerprint density at radius 2 is 1.88 bits per heavy atom. The van der Waals surface area contributed by atoms with Crippen LogP contribution < -0.4 is 0 Å². The number of nitrogens with zero attached hydrogens (tertiary/aromatic N) is 2. The van der Waals surface area contributed by atoms with Gasteiger partial charge in [0.2, 0.25) is 5.91 Å². The fourth-order valence-electron chi connectivity index (χ4n) is 4.84. The lowest BCUT2D eigenvalue weighted by atomic mass is 9.90. The van der Waals surface area contributed by atoms with Gasteiger partial charge >= 0.3 is 0 Å². The molecule has 1 unspecified atom stereocenters. The number of carbonyl (C=O) groups excluding carboxylic acids is 1. The van der Waals surface area contributed by atoms with E-state index in [0.29, 0.717) is 24.5 Å². The van der Waals surface area contributed by atoms with Crippen LogP contribution in [-0.4, -0.2) is 60.6 Å². The van der Waals surface area contributed by atoms with Gasteiger partial charge in [0.15, 0.2) is 0 Å². The second kappa shape index (κ2) is 8.10. The lowest BCUT2D eigenvalue weighted by Crippen LogP contribution is -2.52. The van der Waals surface area contributed by atoms with Crippen molar-refractivity contribution in [3.63, 3.8) is 0 Å². The SMILES string of the molecule is CC1CN(C2CCN(C(=O)Cc3ccc4c(c3)CCCC4)CC2)CCO1. The second-order valence-corrected chi connectivity index (χ2v) is 8.28. The minimum atomic E-state index is 0.301. The molecule has 0 aromatic heterocycles. The smallest absolute Gasteiger partial charge is 0.226 e. The first-order valence-electron chi connectivity index (χ1n) is 10.4. The highest BCUT2D eigenvalue weighted by Gasteiger charge is 2.29. The van der Waals surface area contributed by atoms with Crippen molar-refractivity contribution in [3.05, 3.63) is 34.9 Å². The number of fused-ring (bicyclic) bond motifs is 1. The zero-order valence-corrected chi connectivity index (χ0v) is 16.1. The van der Waals surface area contributed by atoms with Gasteiger partial charge < -0.3 is 9.64 Å². The van der Waals surface area contributed by atoms with Crippen LogP contribution in [0.5, 0.6) is 0 Å². The van der Waals surface area contributed by atoms with E-state index in [1.54, 1.807) is 0 Å². The summed E-state index contributed by atoms with van der Waals surface area (Å²) in [4.78, 5) is 17.4.